The molecule has 0 spiro atoms. The van der Waals surface area contributed by atoms with Crippen molar-refractivity contribution in [2.24, 2.45) is 12.8 Å². The highest BCUT2D eigenvalue weighted by Gasteiger charge is 2.17. The minimum absolute atomic E-state index is 0.0477. The van der Waals surface area contributed by atoms with E-state index in [-0.39, 0.29) is 18.7 Å². The summed E-state index contributed by atoms with van der Waals surface area (Å²) in [4.78, 5) is 33.6. The lowest BCUT2D eigenvalue weighted by Gasteiger charge is -2.16. The van der Waals surface area contributed by atoms with Crippen LogP contribution in [0.15, 0.2) is 71.8 Å². The number of halogens is 1. The monoisotopic (exact) mass is 538 g/mol. The third kappa shape index (κ3) is 4.85. The van der Waals surface area contributed by atoms with Gasteiger partial charge < -0.3 is 19.6 Å². The van der Waals surface area contributed by atoms with Crippen molar-refractivity contribution in [3.63, 3.8) is 0 Å². The Labute approximate surface area is 228 Å². The molecule has 1 aromatic carbocycles. The Morgan fingerprint density at radius 3 is 2.74 bits per heavy atom. The number of carbonyl (C=O) groups is 1. The van der Waals surface area contributed by atoms with Gasteiger partial charge in [0.05, 0.1) is 17.3 Å². The molecular formula is C29H23ClN6O3. The molecule has 4 heterocycles. The van der Waals surface area contributed by atoms with Crippen molar-refractivity contribution in [3.8, 4) is 23.1 Å². The van der Waals surface area contributed by atoms with Crippen molar-refractivity contribution in [3.05, 3.63) is 111 Å². The number of carbonyl (C=O) groups excluding carboxylic acids is 1. The van der Waals surface area contributed by atoms with Gasteiger partial charge in [-0.15, -0.1) is 0 Å². The molecule has 0 aliphatic rings. The van der Waals surface area contributed by atoms with E-state index in [9.17, 15) is 14.9 Å². The van der Waals surface area contributed by atoms with E-state index >= 15 is 0 Å². The maximum absolute atomic E-state index is 12.6. The number of aromatic nitrogens is 4. The largest absolute Gasteiger partial charge is 0.486 e. The molecule has 0 atom stereocenters. The number of hydrogen-bond donors (Lipinski definition) is 1. The van der Waals surface area contributed by atoms with Crippen LogP contribution in [0, 0.1) is 18.3 Å². The van der Waals surface area contributed by atoms with Crippen LogP contribution in [0.25, 0.3) is 22.2 Å². The highest BCUT2D eigenvalue weighted by atomic mass is 35.5. The number of nitrogens with two attached hydrogens (primary N) is 1. The summed E-state index contributed by atoms with van der Waals surface area (Å²) >= 11 is 6.54. The van der Waals surface area contributed by atoms with Crippen LogP contribution in [0.1, 0.15) is 33.0 Å². The highest BCUT2D eigenvalue weighted by molar-refractivity contribution is 6.31. The van der Waals surface area contributed by atoms with Crippen LogP contribution in [-0.4, -0.2) is 25.0 Å². The van der Waals surface area contributed by atoms with Gasteiger partial charge in [-0.25, -0.2) is 4.98 Å². The first-order valence-corrected chi connectivity index (χ1v) is 12.4. The summed E-state index contributed by atoms with van der Waals surface area (Å²) in [7, 11) is 1.79. The number of primary amides is 1. The number of benzene rings is 1. The molecule has 0 unspecified atom stereocenters. The smallest absolute Gasteiger partial charge is 0.268 e. The van der Waals surface area contributed by atoms with Gasteiger partial charge in [0.15, 0.2) is 0 Å². The minimum atomic E-state index is -0.506. The predicted octanol–water partition coefficient (Wildman–Crippen LogP) is 4.36. The Balaban J connectivity index is 1.52. The van der Waals surface area contributed by atoms with Crippen molar-refractivity contribution in [2.45, 2.75) is 20.1 Å². The Bertz CT molecular complexity index is 1850. The van der Waals surface area contributed by atoms with E-state index in [2.05, 4.69) is 4.98 Å². The number of hydrogen-bond acceptors (Lipinski definition) is 6. The number of ether oxygens (including phenoxy) is 1. The van der Waals surface area contributed by atoms with Gasteiger partial charge in [0, 0.05) is 47.3 Å². The minimum Gasteiger partial charge on any atom is -0.486 e. The molecule has 2 N–H and O–H groups in total. The lowest BCUT2D eigenvalue weighted by Crippen LogP contribution is -2.23. The third-order valence-electron chi connectivity index (χ3n) is 6.50. The van der Waals surface area contributed by atoms with Crippen LogP contribution in [0.2, 0.25) is 5.02 Å². The normalized spacial score (nSPS) is 10.9. The Morgan fingerprint density at radius 1 is 1.18 bits per heavy atom. The van der Waals surface area contributed by atoms with Gasteiger partial charge in [-0.1, -0.05) is 23.7 Å². The Morgan fingerprint density at radius 2 is 2.00 bits per heavy atom. The average molecular weight is 539 g/mol. The fraction of sp³-hybridized carbons (Fsp3) is 0.138. The van der Waals surface area contributed by atoms with Crippen LogP contribution in [0.4, 0.5) is 0 Å². The van der Waals surface area contributed by atoms with Gasteiger partial charge in [-0.2, -0.15) is 5.26 Å². The fourth-order valence-electron chi connectivity index (χ4n) is 4.56. The van der Waals surface area contributed by atoms with E-state index in [0.717, 1.165) is 22.3 Å². The molecule has 0 aliphatic heterocycles. The summed E-state index contributed by atoms with van der Waals surface area (Å²) in [5, 5.41) is 10.5. The van der Waals surface area contributed by atoms with Crippen LogP contribution in [-0.2, 0) is 20.2 Å². The van der Waals surface area contributed by atoms with Crippen molar-refractivity contribution in [1.82, 2.24) is 19.1 Å². The standard InChI is InChI=1S/C29H23ClN6O3/c1-17-13-20(24-8-9-25(28(32)37)35(24)2)19-6-3-7-26(27(19)34-17)39-16-21-22(30)10-11-33-23(21)15-36-12-4-5-18(14-31)29(36)38/h3-13H,15-16H2,1-2H3,(H2,32,37). The molecule has 5 aromatic rings. The molecule has 0 fully saturated rings. The molecule has 0 saturated carbocycles. The van der Waals surface area contributed by atoms with Crippen molar-refractivity contribution < 1.29 is 9.53 Å². The Kier molecular flexibility index (Phi) is 6.88. The maximum Gasteiger partial charge on any atom is 0.268 e. The van der Waals surface area contributed by atoms with Gasteiger partial charge in [-0.3, -0.25) is 14.6 Å². The van der Waals surface area contributed by atoms with E-state index in [1.165, 1.54) is 10.6 Å². The molecule has 5 rings (SSSR count). The second kappa shape index (κ2) is 10.4. The van der Waals surface area contributed by atoms with E-state index in [0.29, 0.717) is 33.2 Å². The van der Waals surface area contributed by atoms with Crippen LogP contribution in [0.3, 0.4) is 0 Å². The topological polar surface area (TPSA) is 129 Å². The van der Waals surface area contributed by atoms with Gasteiger partial charge in [0.1, 0.15) is 35.2 Å². The molecule has 4 aromatic heterocycles. The molecule has 0 saturated heterocycles. The summed E-state index contributed by atoms with van der Waals surface area (Å²) in [6, 6.07) is 17.8. The summed E-state index contributed by atoms with van der Waals surface area (Å²) in [6.07, 6.45) is 3.16. The summed E-state index contributed by atoms with van der Waals surface area (Å²) < 4.78 is 9.42. The first-order chi connectivity index (χ1) is 18.8. The number of nitrogens with zero attached hydrogens (tertiary/aromatic N) is 5. The summed E-state index contributed by atoms with van der Waals surface area (Å²) in [5.41, 5.74) is 9.85. The molecule has 9 nitrogen and oxygen atoms in total. The van der Waals surface area contributed by atoms with Crippen molar-refractivity contribution >= 4 is 28.4 Å². The number of pyridine rings is 3. The maximum atomic E-state index is 12.6. The number of aryl methyl sites for hydroxylation is 1. The molecule has 194 valence electrons. The molecule has 0 aliphatic carbocycles. The molecule has 0 radical (unpaired) electrons. The van der Waals surface area contributed by atoms with Gasteiger partial charge in [0.2, 0.25) is 0 Å². The number of fused-ring (bicyclic) bond motifs is 1. The fourth-order valence-corrected chi connectivity index (χ4v) is 4.78. The number of nitriles is 1. The van der Waals surface area contributed by atoms with E-state index in [1.54, 1.807) is 42.2 Å². The highest BCUT2D eigenvalue weighted by Crippen LogP contribution is 2.34. The lowest BCUT2D eigenvalue weighted by atomic mass is 10.0. The molecule has 39 heavy (non-hydrogen) atoms. The molecule has 1 amide bonds. The average Bonchev–Trinajstić information content (AvgIpc) is 3.30. The summed E-state index contributed by atoms with van der Waals surface area (Å²) in [6.45, 7) is 2.09. The summed E-state index contributed by atoms with van der Waals surface area (Å²) in [5.74, 6) is 0.0323. The van der Waals surface area contributed by atoms with Crippen molar-refractivity contribution in [1.29, 1.82) is 5.26 Å². The van der Waals surface area contributed by atoms with Gasteiger partial charge in [-0.05, 0) is 49.4 Å². The third-order valence-corrected chi connectivity index (χ3v) is 6.86. The molecular weight excluding hydrogens is 516 g/mol. The molecule has 0 bridgehead atoms. The zero-order valence-electron chi connectivity index (χ0n) is 21.2. The van der Waals surface area contributed by atoms with E-state index in [1.807, 2.05) is 43.3 Å². The lowest BCUT2D eigenvalue weighted by molar-refractivity contribution is 0.0992. The quantitative estimate of drug-likeness (QED) is 0.328. The first-order valence-electron chi connectivity index (χ1n) is 12.0. The molecule has 10 heteroatoms. The van der Waals surface area contributed by atoms with E-state index in [4.69, 9.17) is 27.1 Å². The second-order valence-electron chi connectivity index (χ2n) is 8.96. The SMILES string of the molecule is Cc1cc(-c2ccc(C(N)=O)n2C)c2cccc(OCc3c(Cl)ccnc3Cn3cccc(C#N)c3=O)c2n1. The predicted molar refractivity (Wildman–Crippen MR) is 148 cm³/mol. The van der Waals surface area contributed by atoms with Crippen molar-refractivity contribution in [2.75, 3.05) is 0 Å². The van der Waals surface area contributed by atoms with Crippen LogP contribution < -0.4 is 16.0 Å². The van der Waals surface area contributed by atoms with Crippen LogP contribution >= 0.6 is 11.6 Å². The van der Waals surface area contributed by atoms with Gasteiger partial charge >= 0.3 is 0 Å². The Hall–Kier alpha value is -4.94. The van der Waals surface area contributed by atoms with Crippen LogP contribution in [0.5, 0.6) is 5.75 Å². The number of rotatable bonds is 7. The zero-order valence-corrected chi connectivity index (χ0v) is 21.9. The van der Waals surface area contributed by atoms with E-state index < -0.39 is 11.5 Å². The zero-order chi connectivity index (χ0) is 27.7. The number of amides is 1. The second-order valence-corrected chi connectivity index (χ2v) is 9.37. The number of para-hydroxylation sites is 1. The van der Waals surface area contributed by atoms with Gasteiger partial charge in [0.25, 0.3) is 11.5 Å². The first kappa shape index (κ1) is 25.7.